The lowest BCUT2D eigenvalue weighted by Crippen LogP contribution is -2.18. The van der Waals surface area contributed by atoms with E-state index in [1.165, 1.54) is 24.3 Å². The third kappa shape index (κ3) is 4.23. The molecule has 7 heteroatoms. The quantitative estimate of drug-likeness (QED) is 0.670. The van der Waals surface area contributed by atoms with Gasteiger partial charge in [0.25, 0.3) is 0 Å². The summed E-state index contributed by atoms with van der Waals surface area (Å²) in [5.41, 5.74) is -0.380. The van der Waals surface area contributed by atoms with Gasteiger partial charge in [-0.05, 0) is 12.1 Å². The van der Waals surface area contributed by atoms with Crippen molar-refractivity contribution in [1.82, 2.24) is 5.32 Å². The molecular weight excluding hydrogens is 254 g/mol. The van der Waals surface area contributed by atoms with Crippen molar-refractivity contribution in [2.75, 3.05) is 0 Å². The average Bonchev–Trinajstić information content (AvgIpc) is 2.73. The van der Waals surface area contributed by atoms with Gasteiger partial charge in [-0.3, -0.25) is 14.9 Å². The van der Waals surface area contributed by atoms with Crippen LogP contribution in [0, 0.1) is 0 Å². The summed E-state index contributed by atoms with van der Waals surface area (Å²) in [4.78, 5) is 41.2. The second-order valence-corrected chi connectivity index (χ2v) is 3.63. The van der Waals surface area contributed by atoms with Gasteiger partial charge in [0.15, 0.2) is 0 Å². The molecule has 100 valence electrons. The van der Waals surface area contributed by atoms with E-state index in [4.69, 9.17) is 10.2 Å². The Kier molecular flexibility index (Phi) is 4.76. The zero-order chi connectivity index (χ0) is 14.4. The highest BCUT2D eigenvalue weighted by atomic mass is 16.4. The summed E-state index contributed by atoms with van der Waals surface area (Å²) in [5.74, 6) is -2.75. The van der Waals surface area contributed by atoms with Crippen LogP contribution < -0.4 is 5.32 Å². The van der Waals surface area contributed by atoms with E-state index in [0.717, 1.165) is 0 Å². The number of carbonyl (C=O) groups excluding carboxylic acids is 2. The molecule has 3 N–H and O–H groups in total. The molecule has 19 heavy (non-hydrogen) atoms. The van der Waals surface area contributed by atoms with Crippen LogP contribution in [0.25, 0.3) is 0 Å². The van der Waals surface area contributed by atoms with Crippen LogP contribution in [0.15, 0.2) is 24.3 Å². The first-order chi connectivity index (χ1) is 8.91. The number of carboxylic acid groups (broad SMARTS) is 2. The topological polar surface area (TPSA) is 121 Å². The number of aromatic carboxylic acids is 2. The molecule has 1 heterocycles. The summed E-state index contributed by atoms with van der Waals surface area (Å²) in [5, 5.41) is 19.2. The van der Waals surface area contributed by atoms with Crippen molar-refractivity contribution in [2.24, 2.45) is 0 Å². The van der Waals surface area contributed by atoms with Crippen molar-refractivity contribution in [2.45, 2.75) is 12.8 Å². The number of benzene rings is 1. The Balaban J connectivity index is 0.000000218. The molecule has 0 atom stereocenters. The van der Waals surface area contributed by atoms with Gasteiger partial charge in [0.2, 0.25) is 11.8 Å². The lowest BCUT2D eigenvalue weighted by atomic mass is 10.1. The summed E-state index contributed by atoms with van der Waals surface area (Å²) in [6.45, 7) is 0. The smallest absolute Gasteiger partial charge is 0.336 e. The van der Waals surface area contributed by atoms with Gasteiger partial charge in [-0.25, -0.2) is 9.59 Å². The maximum absolute atomic E-state index is 10.5. The number of hydrogen-bond donors (Lipinski definition) is 3. The Labute approximate surface area is 107 Å². The highest BCUT2D eigenvalue weighted by Gasteiger charge is 2.15. The van der Waals surface area contributed by atoms with E-state index in [9.17, 15) is 19.2 Å². The molecule has 0 aromatic heterocycles. The van der Waals surface area contributed by atoms with Gasteiger partial charge in [-0.1, -0.05) is 12.1 Å². The maximum Gasteiger partial charge on any atom is 0.336 e. The fourth-order valence-electron chi connectivity index (χ4n) is 1.36. The predicted octanol–water partition coefficient (Wildman–Crippen LogP) is 0.506. The molecule has 1 aromatic rings. The van der Waals surface area contributed by atoms with Crippen molar-refractivity contribution < 1.29 is 29.4 Å². The molecule has 1 aliphatic rings. The Morgan fingerprint density at radius 1 is 0.895 bits per heavy atom. The van der Waals surface area contributed by atoms with Gasteiger partial charge < -0.3 is 10.2 Å². The van der Waals surface area contributed by atoms with Crippen LogP contribution in [-0.2, 0) is 9.59 Å². The first-order valence-electron chi connectivity index (χ1n) is 5.30. The first kappa shape index (κ1) is 14.4. The zero-order valence-electron chi connectivity index (χ0n) is 9.75. The number of hydrogen-bond acceptors (Lipinski definition) is 4. The largest absolute Gasteiger partial charge is 0.478 e. The molecule has 0 radical (unpaired) electrons. The van der Waals surface area contributed by atoms with Gasteiger partial charge in [0.1, 0.15) is 0 Å². The number of imide groups is 1. The molecule has 1 fully saturated rings. The summed E-state index contributed by atoms with van der Waals surface area (Å²) in [6, 6.07) is 5.48. The molecule has 7 nitrogen and oxygen atoms in total. The summed E-state index contributed by atoms with van der Waals surface area (Å²) in [7, 11) is 0. The maximum atomic E-state index is 10.5. The number of carboxylic acids is 2. The fourth-order valence-corrected chi connectivity index (χ4v) is 1.36. The van der Waals surface area contributed by atoms with E-state index >= 15 is 0 Å². The third-order valence-corrected chi connectivity index (χ3v) is 2.25. The van der Waals surface area contributed by atoms with Crippen LogP contribution in [0.2, 0.25) is 0 Å². The van der Waals surface area contributed by atoms with Gasteiger partial charge in [-0.15, -0.1) is 0 Å². The van der Waals surface area contributed by atoms with Crippen LogP contribution in [-0.4, -0.2) is 34.0 Å². The molecule has 2 amide bonds. The van der Waals surface area contributed by atoms with Crippen LogP contribution in [0.4, 0.5) is 0 Å². The van der Waals surface area contributed by atoms with E-state index in [1.54, 1.807) is 0 Å². The zero-order valence-corrected chi connectivity index (χ0v) is 9.75. The van der Waals surface area contributed by atoms with Crippen LogP contribution >= 0.6 is 0 Å². The molecule has 2 rings (SSSR count). The van der Waals surface area contributed by atoms with Crippen molar-refractivity contribution in [1.29, 1.82) is 0 Å². The highest BCUT2D eigenvalue weighted by molar-refractivity contribution is 6.02. The third-order valence-electron chi connectivity index (χ3n) is 2.25. The van der Waals surface area contributed by atoms with Crippen molar-refractivity contribution in [3.05, 3.63) is 35.4 Å². The number of amides is 2. The molecule has 0 spiro atoms. The van der Waals surface area contributed by atoms with Gasteiger partial charge in [0, 0.05) is 12.8 Å². The van der Waals surface area contributed by atoms with E-state index < -0.39 is 11.9 Å². The Hall–Kier alpha value is -2.70. The van der Waals surface area contributed by atoms with Crippen molar-refractivity contribution in [3.8, 4) is 0 Å². The number of carbonyl (C=O) groups is 4. The highest BCUT2D eigenvalue weighted by Crippen LogP contribution is 2.07. The number of rotatable bonds is 2. The molecule has 0 aliphatic carbocycles. The van der Waals surface area contributed by atoms with E-state index in [1.807, 2.05) is 0 Å². The monoisotopic (exact) mass is 265 g/mol. The second-order valence-electron chi connectivity index (χ2n) is 3.63. The average molecular weight is 265 g/mol. The van der Waals surface area contributed by atoms with E-state index in [0.29, 0.717) is 12.8 Å². The van der Waals surface area contributed by atoms with Crippen molar-refractivity contribution in [3.63, 3.8) is 0 Å². The van der Waals surface area contributed by atoms with Crippen molar-refractivity contribution >= 4 is 23.8 Å². The minimum atomic E-state index is -1.23. The lowest BCUT2D eigenvalue weighted by Gasteiger charge is -1.98. The second kappa shape index (κ2) is 6.29. The van der Waals surface area contributed by atoms with E-state index in [-0.39, 0.29) is 22.9 Å². The normalized spacial score (nSPS) is 13.3. The summed E-state index contributed by atoms with van der Waals surface area (Å²) in [6.07, 6.45) is 0.748. The predicted molar refractivity (Wildman–Crippen MR) is 62.7 cm³/mol. The molecular formula is C12H11NO6. The Morgan fingerprint density at radius 2 is 1.26 bits per heavy atom. The fraction of sp³-hybridized carbons (Fsp3) is 0.167. The van der Waals surface area contributed by atoms with Crippen LogP contribution in [0.5, 0.6) is 0 Å². The number of nitrogens with one attached hydrogen (secondary N) is 1. The van der Waals surface area contributed by atoms with Gasteiger partial charge in [0.05, 0.1) is 11.1 Å². The standard InChI is InChI=1S/C8H6O4.C4H5NO2/c9-7(10)5-3-1-2-4-6(5)8(11)12;6-3-1-2-4(7)5-3/h1-4H,(H,9,10)(H,11,12);1-2H2,(H,5,6,7). The minimum Gasteiger partial charge on any atom is -0.478 e. The Bertz CT molecular complexity index is 490. The Morgan fingerprint density at radius 3 is 1.47 bits per heavy atom. The SMILES string of the molecule is O=C(O)c1ccccc1C(=O)O.O=C1CCC(=O)N1. The molecule has 0 saturated carbocycles. The molecule has 0 bridgehead atoms. The van der Waals surface area contributed by atoms with E-state index in [2.05, 4.69) is 5.32 Å². The summed E-state index contributed by atoms with van der Waals surface area (Å²) >= 11 is 0. The first-order valence-corrected chi connectivity index (χ1v) is 5.30. The van der Waals surface area contributed by atoms with Gasteiger partial charge >= 0.3 is 11.9 Å². The molecule has 1 aromatic carbocycles. The molecule has 1 aliphatic heterocycles. The van der Waals surface area contributed by atoms with Gasteiger partial charge in [-0.2, -0.15) is 0 Å². The van der Waals surface area contributed by atoms with Crippen LogP contribution in [0.3, 0.4) is 0 Å². The van der Waals surface area contributed by atoms with Crippen LogP contribution in [0.1, 0.15) is 33.6 Å². The lowest BCUT2D eigenvalue weighted by molar-refractivity contribution is -0.124. The minimum absolute atomic E-state index is 0.148. The summed E-state index contributed by atoms with van der Waals surface area (Å²) < 4.78 is 0. The molecule has 0 unspecified atom stereocenters. The molecule has 1 saturated heterocycles.